The van der Waals surface area contributed by atoms with Gasteiger partial charge in [0.2, 0.25) is 0 Å². The minimum atomic E-state index is 0.865. The molecule has 0 spiro atoms. The number of aromatic nitrogens is 1. The van der Waals surface area contributed by atoms with Crippen molar-refractivity contribution in [2.45, 2.75) is 38.6 Å². The fourth-order valence-corrected chi connectivity index (χ4v) is 5.31. The molecule has 1 aliphatic carbocycles. The number of fused-ring (bicyclic) bond motifs is 2. The Morgan fingerprint density at radius 1 is 0.793 bits per heavy atom. The summed E-state index contributed by atoms with van der Waals surface area (Å²) in [7, 11) is 0. The third-order valence-corrected chi connectivity index (χ3v) is 7.15. The average Bonchev–Trinajstić information content (AvgIpc) is 2.77. The van der Waals surface area contributed by atoms with Crippen molar-refractivity contribution >= 4 is 17.3 Å². The van der Waals surface area contributed by atoms with E-state index in [0.717, 1.165) is 63.8 Å². The smallest absolute Gasteiger partial charge is 0.0639 e. The quantitative estimate of drug-likeness (QED) is 0.764. The molecule has 1 saturated heterocycles. The molecule has 0 atom stereocenters. The monoisotopic (exact) mass is 410 g/mol. The van der Waals surface area contributed by atoms with Gasteiger partial charge in [-0.05, 0) is 48.9 Å². The minimum Gasteiger partial charge on any atom is -0.368 e. The maximum atomic E-state index is 6.38. The molecular formula is C24H31ClN4. The number of nitrogens with zero attached hydrogens (tertiary/aromatic N) is 4. The van der Waals surface area contributed by atoms with Gasteiger partial charge < -0.3 is 4.90 Å². The number of benzene rings is 1. The lowest BCUT2D eigenvalue weighted by molar-refractivity contribution is 0.186. The van der Waals surface area contributed by atoms with Crippen molar-refractivity contribution in [3.63, 3.8) is 0 Å². The van der Waals surface area contributed by atoms with Crippen LogP contribution in [0.5, 0.6) is 0 Å². The Bertz CT molecular complexity index is 860. The molecule has 1 aromatic carbocycles. The maximum absolute atomic E-state index is 6.38. The second-order valence-corrected chi connectivity index (χ2v) is 9.12. The van der Waals surface area contributed by atoms with Crippen molar-refractivity contribution in [3.8, 4) is 0 Å². The van der Waals surface area contributed by atoms with Crippen LogP contribution < -0.4 is 4.90 Å². The van der Waals surface area contributed by atoms with Crippen LogP contribution in [0.3, 0.4) is 0 Å². The molecule has 0 bridgehead atoms. The van der Waals surface area contributed by atoms with Crippen LogP contribution in [0.2, 0.25) is 5.02 Å². The van der Waals surface area contributed by atoms with Crippen LogP contribution in [0, 0.1) is 0 Å². The van der Waals surface area contributed by atoms with Gasteiger partial charge in [0.05, 0.1) is 10.7 Å². The highest BCUT2D eigenvalue weighted by Gasteiger charge is 2.23. The molecule has 1 aromatic heterocycles. The summed E-state index contributed by atoms with van der Waals surface area (Å²) in [5.74, 6) is 0. The van der Waals surface area contributed by atoms with Gasteiger partial charge in [-0.2, -0.15) is 0 Å². The van der Waals surface area contributed by atoms with Gasteiger partial charge in [-0.1, -0.05) is 29.8 Å². The van der Waals surface area contributed by atoms with Crippen LogP contribution in [0.25, 0.3) is 0 Å². The zero-order valence-electron chi connectivity index (χ0n) is 17.2. The van der Waals surface area contributed by atoms with Gasteiger partial charge >= 0.3 is 0 Å². The summed E-state index contributed by atoms with van der Waals surface area (Å²) in [6.07, 6.45) is 6.17. The highest BCUT2D eigenvalue weighted by Crippen LogP contribution is 2.27. The Kier molecular flexibility index (Phi) is 5.76. The van der Waals surface area contributed by atoms with E-state index in [2.05, 4.69) is 32.9 Å². The molecule has 0 N–H and O–H groups in total. The van der Waals surface area contributed by atoms with Crippen LogP contribution in [-0.4, -0.2) is 60.6 Å². The molecular weight excluding hydrogens is 380 g/mol. The van der Waals surface area contributed by atoms with Crippen LogP contribution in [0.15, 0.2) is 30.3 Å². The molecule has 2 aromatic rings. The van der Waals surface area contributed by atoms with Gasteiger partial charge in [0, 0.05) is 70.2 Å². The molecule has 0 unspecified atom stereocenters. The second-order valence-electron chi connectivity index (χ2n) is 8.71. The van der Waals surface area contributed by atoms with E-state index in [1.54, 1.807) is 0 Å². The Balaban J connectivity index is 1.13. The normalized spacial score (nSPS) is 20.4. The molecule has 4 nitrogen and oxygen atoms in total. The summed E-state index contributed by atoms with van der Waals surface area (Å²) in [5.41, 5.74) is 6.94. The van der Waals surface area contributed by atoms with E-state index in [1.807, 2.05) is 12.1 Å². The number of pyridine rings is 1. The van der Waals surface area contributed by atoms with Crippen LogP contribution >= 0.6 is 11.6 Å². The summed E-state index contributed by atoms with van der Waals surface area (Å²) in [6.45, 7) is 8.89. The Morgan fingerprint density at radius 2 is 1.55 bits per heavy atom. The van der Waals surface area contributed by atoms with E-state index >= 15 is 0 Å². The summed E-state index contributed by atoms with van der Waals surface area (Å²) in [4.78, 5) is 12.7. The topological polar surface area (TPSA) is 22.6 Å². The first kappa shape index (κ1) is 19.3. The molecule has 2 aliphatic heterocycles. The molecule has 0 amide bonds. The van der Waals surface area contributed by atoms with Gasteiger partial charge in [-0.15, -0.1) is 0 Å². The fraction of sp³-hybridized carbons (Fsp3) is 0.542. The van der Waals surface area contributed by atoms with Crippen molar-refractivity contribution in [3.05, 3.63) is 57.9 Å². The third-order valence-electron chi connectivity index (χ3n) is 6.83. The number of rotatable bonds is 4. The van der Waals surface area contributed by atoms with Crippen molar-refractivity contribution in [2.24, 2.45) is 0 Å². The van der Waals surface area contributed by atoms with E-state index in [1.165, 1.54) is 53.9 Å². The lowest BCUT2D eigenvalue weighted by Crippen LogP contribution is -2.49. The second kappa shape index (κ2) is 8.63. The van der Waals surface area contributed by atoms with E-state index in [4.69, 9.17) is 16.6 Å². The summed E-state index contributed by atoms with van der Waals surface area (Å²) >= 11 is 6.38. The first-order valence-corrected chi connectivity index (χ1v) is 11.6. The number of para-hydroxylation sites is 1. The van der Waals surface area contributed by atoms with Crippen molar-refractivity contribution in [2.75, 3.05) is 50.7 Å². The fourth-order valence-electron chi connectivity index (χ4n) is 5.06. The minimum absolute atomic E-state index is 0.865. The molecule has 29 heavy (non-hydrogen) atoms. The number of anilines is 1. The molecule has 5 heteroatoms. The predicted octanol–water partition coefficient (Wildman–Crippen LogP) is 3.79. The van der Waals surface area contributed by atoms with Gasteiger partial charge in [-0.25, -0.2) is 0 Å². The van der Waals surface area contributed by atoms with Gasteiger partial charge in [0.25, 0.3) is 0 Å². The average molecular weight is 411 g/mol. The number of aryl methyl sites for hydroxylation is 2. The summed E-state index contributed by atoms with van der Waals surface area (Å²) < 4.78 is 0. The third kappa shape index (κ3) is 4.30. The molecule has 154 valence electrons. The lowest BCUT2D eigenvalue weighted by Gasteiger charge is -2.38. The highest BCUT2D eigenvalue weighted by molar-refractivity contribution is 6.33. The van der Waals surface area contributed by atoms with E-state index in [0.29, 0.717) is 0 Å². The Morgan fingerprint density at radius 3 is 2.41 bits per heavy atom. The SMILES string of the molecule is Clc1ccccc1N1CCN(CCN2CCc3nc4c(cc3C2)CCCC4)CC1. The first-order valence-electron chi connectivity index (χ1n) is 11.2. The van der Waals surface area contributed by atoms with Crippen LogP contribution in [0.1, 0.15) is 35.4 Å². The summed E-state index contributed by atoms with van der Waals surface area (Å²) in [5, 5.41) is 0.865. The molecule has 5 rings (SSSR count). The predicted molar refractivity (Wildman–Crippen MR) is 120 cm³/mol. The van der Waals surface area contributed by atoms with Gasteiger partial charge in [0.1, 0.15) is 0 Å². The zero-order valence-corrected chi connectivity index (χ0v) is 18.0. The lowest BCUT2D eigenvalue weighted by atomic mass is 9.92. The Hall–Kier alpha value is -1.62. The van der Waals surface area contributed by atoms with E-state index in [9.17, 15) is 0 Å². The number of hydrogen-bond donors (Lipinski definition) is 0. The Labute approximate surface area is 179 Å². The van der Waals surface area contributed by atoms with Crippen LogP contribution in [-0.2, 0) is 25.8 Å². The van der Waals surface area contributed by atoms with Crippen molar-refractivity contribution in [1.82, 2.24) is 14.8 Å². The summed E-state index contributed by atoms with van der Waals surface area (Å²) in [6, 6.07) is 10.7. The number of halogens is 1. The highest BCUT2D eigenvalue weighted by atomic mass is 35.5. The standard InChI is InChI=1S/C24H31ClN4/c25-21-6-2-4-8-24(21)29-15-13-27(14-16-29)11-12-28-10-9-23-20(18-28)17-19-5-1-3-7-22(19)26-23/h2,4,6,8,17H,1,3,5,7,9-16,18H2. The van der Waals surface area contributed by atoms with Crippen LogP contribution in [0.4, 0.5) is 5.69 Å². The molecule has 0 saturated carbocycles. The van der Waals surface area contributed by atoms with Crippen molar-refractivity contribution in [1.29, 1.82) is 0 Å². The molecule has 1 fully saturated rings. The van der Waals surface area contributed by atoms with E-state index in [-0.39, 0.29) is 0 Å². The first-order chi connectivity index (χ1) is 14.3. The number of hydrogen-bond acceptors (Lipinski definition) is 4. The number of piperazine rings is 1. The molecule has 3 heterocycles. The van der Waals surface area contributed by atoms with Gasteiger partial charge in [0.15, 0.2) is 0 Å². The van der Waals surface area contributed by atoms with Crippen molar-refractivity contribution < 1.29 is 0 Å². The zero-order chi connectivity index (χ0) is 19.6. The molecule has 0 radical (unpaired) electrons. The largest absolute Gasteiger partial charge is 0.368 e. The van der Waals surface area contributed by atoms with Gasteiger partial charge in [-0.3, -0.25) is 14.8 Å². The molecule has 3 aliphatic rings. The maximum Gasteiger partial charge on any atom is 0.0639 e. The van der Waals surface area contributed by atoms with E-state index < -0.39 is 0 Å².